The first kappa shape index (κ1) is 26.6. The van der Waals surface area contributed by atoms with Crippen LogP contribution in [0, 0.1) is 0 Å². The third kappa shape index (κ3) is 5.31. The first-order chi connectivity index (χ1) is 15.3. The van der Waals surface area contributed by atoms with Gasteiger partial charge in [0.15, 0.2) is 11.2 Å². The zero-order valence-electron chi connectivity index (χ0n) is 20.0. The highest BCUT2D eigenvalue weighted by atomic mass is 35.5. The maximum Gasteiger partial charge on any atom is 0.332 e. The number of quaternary nitrogens is 1. The molecule has 1 aromatic carbocycles. The van der Waals surface area contributed by atoms with Crippen molar-refractivity contribution < 1.29 is 22.8 Å². The molecule has 2 atom stereocenters. The van der Waals surface area contributed by atoms with Crippen molar-refractivity contribution in [3.8, 4) is 0 Å². The number of nitrogens with zero attached hydrogens (tertiary/aromatic N) is 5. The Bertz CT molecular complexity index is 1170. The van der Waals surface area contributed by atoms with Crippen LogP contribution in [0.5, 0.6) is 0 Å². The van der Waals surface area contributed by atoms with E-state index in [-0.39, 0.29) is 29.7 Å². The lowest BCUT2D eigenvalue weighted by molar-refractivity contribution is -0.694. The zero-order valence-corrected chi connectivity index (χ0v) is 20.8. The molecule has 0 amide bonds. The Morgan fingerprint density at radius 1 is 1.09 bits per heavy atom. The first-order valence-corrected chi connectivity index (χ1v) is 11.3. The lowest BCUT2D eigenvalue weighted by Gasteiger charge is -2.21. The van der Waals surface area contributed by atoms with E-state index in [0.717, 1.165) is 36.2 Å². The van der Waals surface area contributed by atoms with Crippen molar-refractivity contribution in [1.82, 2.24) is 18.7 Å². The third-order valence-corrected chi connectivity index (χ3v) is 6.14. The SMILES string of the molecule is CCN(CC)c1nc2c(c(=O)n(C)c(=O)n2C)n1CCC[NH2+]C(C)C(O)c1ccccc1.[Cl-]. The number of fused-ring (bicyclic) bond motifs is 1. The van der Waals surface area contributed by atoms with Gasteiger partial charge in [0.25, 0.3) is 5.56 Å². The van der Waals surface area contributed by atoms with Gasteiger partial charge >= 0.3 is 5.69 Å². The molecule has 0 fully saturated rings. The first-order valence-electron chi connectivity index (χ1n) is 11.3. The Labute approximate surface area is 200 Å². The van der Waals surface area contributed by atoms with Crippen LogP contribution in [-0.4, -0.2) is 49.5 Å². The maximum atomic E-state index is 13.0. The number of halogens is 1. The molecule has 2 heterocycles. The van der Waals surface area contributed by atoms with Crippen molar-refractivity contribution in [3.05, 3.63) is 56.7 Å². The summed E-state index contributed by atoms with van der Waals surface area (Å²) in [6.45, 7) is 8.99. The van der Waals surface area contributed by atoms with Crippen LogP contribution in [0.1, 0.15) is 38.9 Å². The number of imidazole rings is 1. The molecule has 0 aliphatic rings. The fourth-order valence-corrected chi connectivity index (χ4v) is 4.11. The molecule has 9 nitrogen and oxygen atoms in total. The molecule has 0 aliphatic carbocycles. The van der Waals surface area contributed by atoms with Crippen LogP contribution in [0.25, 0.3) is 11.2 Å². The van der Waals surface area contributed by atoms with Gasteiger partial charge in [0.1, 0.15) is 12.1 Å². The zero-order chi connectivity index (χ0) is 23.4. The van der Waals surface area contributed by atoms with Crippen LogP contribution in [0.3, 0.4) is 0 Å². The number of nitrogens with two attached hydrogens (primary N) is 1. The summed E-state index contributed by atoms with van der Waals surface area (Å²) in [6, 6.07) is 9.67. The van der Waals surface area contributed by atoms with Crippen LogP contribution >= 0.6 is 0 Å². The molecule has 0 spiro atoms. The number of aliphatic hydroxyl groups is 1. The fraction of sp³-hybridized carbons (Fsp3) is 0.522. The van der Waals surface area contributed by atoms with E-state index < -0.39 is 6.10 Å². The lowest BCUT2D eigenvalue weighted by atomic mass is 10.0. The van der Waals surface area contributed by atoms with Gasteiger partial charge in [-0.2, -0.15) is 4.98 Å². The molecule has 33 heavy (non-hydrogen) atoms. The van der Waals surface area contributed by atoms with Gasteiger partial charge in [0.2, 0.25) is 5.95 Å². The quantitative estimate of drug-likeness (QED) is 0.310. The van der Waals surface area contributed by atoms with Crippen LogP contribution in [0.4, 0.5) is 5.95 Å². The Kier molecular flexibility index (Phi) is 9.27. The van der Waals surface area contributed by atoms with Gasteiger partial charge < -0.3 is 32.3 Å². The van der Waals surface area contributed by atoms with E-state index in [9.17, 15) is 14.7 Å². The van der Waals surface area contributed by atoms with Gasteiger partial charge in [0, 0.05) is 40.2 Å². The summed E-state index contributed by atoms with van der Waals surface area (Å²) in [4.78, 5) is 32.1. The molecule has 3 rings (SSSR count). The smallest absolute Gasteiger partial charge is 0.332 e. The van der Waals surface area contributed by atoms with Gasteiger partial charge in [-0.1, -0.05) is 30.3 Å². The van der Waals surface area contributed by atoms with Crippen molar-refractivity contribution >= 4 is 17.1 Å². The standard InChI is InChI=1S/C23H34N6O3.ClH/c1-6-28(7-2)22-25-20-18(21(31)27(5)23(32)26(20)4)29(22)15-11-14-24-16(3)19(30)17-12-9-8-10-13-17;/h8-10,12-13,16,19,24,30H,6-7,11,14-15H2,1-5H3;1H. The highest BCUT2D eigenvalue weighted by molar-refractivity contribution is 5.74. The van der Waals surface area contributed by atoms with Crippen LogP contribution in [-0.2, 0) is 20.6 Å². The van der Waals surface area contributed by atoms with E-state index in [0.29, 0.717) is 23.7 Å². The van der Waals surface area contributed by atoms with E-state index in [1.165, 1.54) is 11.6 Å². The molecular formula is C23H35ClN6O3. The van der Waals surface area contributed by atoms with Crippen LogP contribution < -0.4 is 33.9 Å². The Balaban J connectivity index is 0.00000385. The minimum absolute atomic E-state index is 0. The van der Waals surface area contributed by atoms with Crippen molar-refractivity contribution in [2.75, 3.05) is 24.5 Å². The van der Waals surface area contributed by atoms with Crippen LogP contribution in [0.2, 0.25) is 0 Å². The summed E-state index contributed by atoms with van der Waals surface area (Å²) in [5, 5.41) is 12.7. The summed E-state index contributed by atoms with van der Waals surface area (Å²) in [6.07, 6.45) is 0.246. The van der Waals surface area contributed by atoms with Gasteiger partial charge in [-0.15, -0.1) is 0 Å². The van der Waals surface area contributed by atoms with E-state index in [1.807, 2.05) is 55.7 Å². The van der Waals surface area contributed by atoms with E-state index in [1.54, 1.807) is 7.05 Å². The van der Waals surface area contributed by atoms with Crippen molar-refractivity contribution in [2.24, 2.45) is 14.1 Å². The molecule has 0 bridgehead atoms. The minimum Gasteiger partial charge on any atom is -1.00 e. The van der Waals surface area contributed by atoms with E-state index in [2.05, 4.69) is 15.2 Å². The third-order valence-electron chi connectivity index (χ3n) is 6.14. The summed E-state index contributed by atoms with van der Waals surface area (Å²) >= 11 is 0. The second kappa shape index (κ2) is 11.5. The summed E-state index contributed by atoms with van der Waals surface area (Å²) in [7, 11) is 3.15. The molecule has 182 valence electrons. The number of aliphatic hydroxyl groups excluding tert-OH is 1. The average Bonchev–Trinajstić information content (AvgIpc) is 3.19. The molecular weight excluding hydrogens is 444 g/mol. The molecule has 3 N–H and O–H groups in total. The van der Waals surface area contributed by atoms with Gasteiger partial charge in [-0.3, -0.25) is 13.9 Å². The molecule has 2 unspecified atom stereocenters. The average molecular weight is 479 g/mol. The predicted octanol–water partition coefficient (Wildman–Crippen LogP) is -2.64. The molecule has 3 aromatic rings. The Morgan fingerprint density at radius 3 is 2.33 bits per heavy atom. The van der Waals surface area contributed by atoms with E-state index in [4.69, 9.17) is 0 Å². The minimum atomic E-state index is -0.543. The second-order valence-corrected chi connectivity index (χ2v) is 8.21. The number of anilines is 1. The highest BCUT2D eigenvalue weighted by Gasteiger charge is 2.22. The predicted molar refractivity (Wildman–Crippen MR) is 126 cm³/mol. The molecule has 0 saturated carbocycles. The Hall–Kier alpha value is -2.62. The summed E-state index contributed by atoms with van der Waals surface area (Å²) < 4.78 is 4.51. The molecule has 10 heteroatoms. The summed E-state index contributed by atoms with van der Waals surface area (Å²) in [5.74, 6) is 0.709. The number of hydrogen-bond donors (Lipinski definition) is 2. The van der Waals surface area contributed by atoms with Gasteiger partial charge in [-0.25, -0.2) is 4.79 Å². The van der Waals surface area contributed by atoms with Crippen molar-refractivity contribution in [2.45, 2.75) is 45.9 Å². The number of aryl methyl sites for hydroxylation is 2. The van der Waals surface area contributed by atoms with Gasteiger partial charge in [0.05, 0.1) is 6.54 Å². The number of hydrogen-bond acceptors (Lipinski definition) is 5. The van der Waals surface area contributed by atoms with Crippen LogP contribution in [0.15, 0.2) is 39.9 Å². The number of rotatable bonds is 10. The fourth-order valence-electron chi connectivity index (χ4n) is 4.11. The lowest BCUT2D eigenvalue weighted by Crippen LogP contribution is -3.00. The topological polar surface area (TPSA) is 102 Å². The number of benzene rings is 1. The summed E-state index contributed by atoms with van der Waals surface area (Å²) in [5.41, 5.74) is 1.07. The monoisotopic (exact) mass is 478 g/mol. The highest BCUT2D eigenvalue weighted by Crippen LogP contribution is 2.20. The molecule has 2 aromatic heterocycles. The Morgan fingerprint density at radius 2 is 1.73 bits per heavy atom. The molecule has 0 aliphatic heterocycles. The van der Waals surface area contributed by atoms with Crippen molar-refractivity contribution in [1.29, 1.82) is 0 Å². The second-order valence-electron chi connectivity index (χ2n) is 8.21. The van der Waals surface area contributed by atoms with Gasteiger partial charge in [-0.05, 0) is 26.3 Å². The molecule has 0 radical (unpaired) electrons. The maximum absolute atomic E-state index is 13.0. The van der Waals surface area contributed by atoms with E-state index >= 15 is 0 Å². The number of aromatic nitrogens is 4. The molecule has 0 saturated heterocycles. The van der Waals surface area contributed by atoms with Crippen molar-refractivity contribution in [3.63, 3.8) is 0 Å². The normalized spacial score (nSPS) is 13.0. The largest absolute Gasteiger partial charge is 1.00 e.